The Morgan fingerprint density at radius 2 is 1.81 bits per heavy atom. The molecule has 4 bridgehead atoms. The number of hydrogen-bond acceptors (Lipinski definition) is 4. The fraction of sp³-hybridized carbons (Fsp3) is 0.706. The summed E-state index contributed by atoms with van der Waals surface area (Å²) >= 11 is 0. The van der Waals surface area contributed by atoms with Crippen molar-refractivity contribution in [2.75, 3.05) is 7.11 Å². The number of nitrogens with two attached hydrogens (primary N) is 1. The highest BCUT2D eigenvalue weighted by Gasteiger charge is 2.54. The van der Waals surface area contributed by atoms with E-state index in [0.29, 0.717) is 0 Å². The van der Waals surface area contributed by atoms with Gasteiger partial charge in [0.15, 0.2) is 0 Å². The number of carbonyl (C=O) groups is 1. The van der Waals surface area contributed by atoms with Crippen LogP contribution in [-0.4, -0.2) is 13.1 Å². The predicted octanol–water partition coefficient (Wildman–Crippen LogP) is 3.28. The molecular formula is C17H23NO3. The number of furan rings is 1. The van der Waals surface area contributed by atoms with Crippen LogP contribution in [0, 0.1) is 23.2 Å². The van der Waals surface area contributed by atoms with Gasteiger partial charge in [-0.05, 0) is 73.8 Å². The molecule has 114 valence electrons. The zero-order valence-corrected chi connectivity index (χ0v) is 12.5. The van der Waals surface area contributed by atoms with Gasteiger partial charge in [-0.3, -0.25) is 0 Å². The van der Waals surface area contributed by atoms with Crippen molar-refractivity contribution in [3.8, 4) is 0 Å². The lowest BCUT2D eigenvalue weighted by Gasteiger charge is -2.58. The molecule has 1 heterocycles. The summed E-state index contributed by atoms with van der Waals surface area (Å²) in [7, 11) is 1.36. The largest absolute Gasteiger partial charge is 0.463 e. The first-order valence-corrected chi connectivity index (χ1v) is 8.03. The number of carbonyl (C=O) groups excluding carboxylic acids is 1. The van der Waals surface area contributed by atoms with Crippen LogP contribution in [0.1, 0.15) is 60.9 Å². The molecule has 1 aromatic heterocycles. The summed E-state index contributed by atoms with van der Waals surface area (Å²) in [5.74, 6) is 3.15. The fourth-order valence-electron chi connectivity index (χ4n) is 5.59. The average molecular weight is 289 g/mol. The van der Waals surface area contributed by atoms with Gasteiger partial charge in [-0.1, -0.05) is 0 Å². The van der Waals surface area contributed by atoms with Gasteiger partial charge < -0.3 is 14.9 Å². The van der Waals surface area contributed by atoms with Crippen LogP contribution >= 0.6 is 0 Å². The van der Waals surface area contributed by atoms with E-state index in [1.807, 2.05) is 6.07 Å². The van der Waals surface area contributed by atoms with Gasteiger partial charge in [-0.15, -0.1) is 0 Å². The maximum absolute atomic E-state index is 11.5. The lowest BCUT2D eigenvalue weighted by Crippen LogP contribution is -2.50. The maximum Gasteiger partial charge on any atom is 0.373 e. The molecule has 1 atom stereocenters. The molecule has 4 saturated carbocycles. The Balaban J connectivity index is 1.61. The third-order valence-electron chi connectivity index (χ3n) is 6.07. The van der Waals surface area contributed by atoms with Crippen LogP contribution in [0.15, 0.2) is 16.5 Å². The molecule has 5 rings (SSSR count). The highest BCUT2D eigenvalue weighted by Crippen LogP contribution is 2.63. The predicted molar refractivity (Wildman–Crippen MR) is 77.6 cm³/mol. The standard InChI is InChI=1S/C17H23NO3/c1-20-16(19)14-3-2-13(21-14)15(18)17-7-10-4-11(8-17)6-12(5-10)9-17/h2-3,10-12,15H,4-9,18H2,1H3. The van der Waals surface area contributed by atoms with E-state index in [0.717, 1.165) is 23.5 Å². The first-order valence-electron chi connectivity index (χ1n) is 8.03. The molecule has 0 radical (unpaired) electrons. The normalized spacial score (nSPS) is 38.5. The van der Waals surface area contributed by atoms with E-state index in [9.17, 15) is 4.79 Å². The van der Waals surface area contributed by atoms with E-state index in [1.165, 1.54) is 45.6 Å². The minimum atomic E-state index is -0.432. The highest BCUT2D eigenvalue weighted by molar-refractivity contribution is 5.86. The van der Waals surface area contributed by atoms with E-state index in [1.54, 1.807) is 6.07 Å². The number of methoxy groups -OCH3 is 1. The van der Waals surface area contributed by atoms with Crippen molar-refractivity contribution in [2.45, 2.75) is 44.6 Å². The van der Waals surface area contributed by atoms with Crippen LogP contribution in [-0.2, 0) is 4.74 Å². The van der Waals surface area contributed by atoms with Crippen molar-refractivity contribution in [1.82, 2.24) is 0 Å². The molecular weight excluding hydrogens is 266 g/mol. The Labute approximate surface area is 125 Å². The molecule has 4 fully saturated rings. The first-order chi connectivity index (χ1) is 10.1. The van der Waals surface area contributed by atoms with E-state index >= 15 is 0 Å². The van der Waals surface area contributed by atoms with Gasteiger partial charge in [0.25, 0.3) is 0 Å². The van der Waals surface area contributed by atoms with Crippen LogP contribution < -0.4 is 5.73 Å². The Morgan fingerprint density at radius 1 is 1.24 bits per heavy atom. The lowest BCUT2D eigenvalue weighted by atomic mass is 9.47. The van der Waals surface area contributed by atoms with Gasteiger partial charge in [0.1, 0.15) is 5.76 Å². The quantitative estimate of drug-likeness (QED) is 0.867. The van der Waals surface area contributed by atoms with Gasteiger partial charge in [0.05, 0.1) is 13.2 Å². The Morgan fingerprint density at radius 3 is 2.33 bits per heavy atom. The molecule has 4 nitrogen and oxygen atoms in total. The molecule has 0 aromatic carbocycles. The third kappa shape index (κ3) is 2.03. The van der Waals surface area contributed by atoms with Gasteiger partial charge in [0.2, 0.25) is 5.76 Å². The maximum atomic E-state index is 11.5. The first kappa shape index (κ1) is 13.4. The topological polar surface area (TPSA) is 65.5 Å². The van der Waals surface area contributed by atoms with Crippen LogP contribution in [0.2, 0.25) is 0 Å². The van der Waals surface area contributed by atoms with Crippen LogP contribution in [0.4, 0.5) is 0 Å². The minimum absolute atomic E-state index is 0.0932. The Bertz CT molecular complexity index is 527. The van der Waals surface area contributed by atoms with Crippen molar-refractivity contribution >= 4 is 5.97 Å². The van der Waals surface area contributed by atoms with Gasteiger partial charge in [-0.25, -0.2) is 4.79 Å². The molecule has 0 saturated heterocycles. The van der Waals surface area contributed by atoms with E-state index in [4.69, 9.17) is 14.9 Å². The summed E-state index contributed by atoms with van der Waals surface area (Å²) in [4.78, 5) is 11.5. The number of esters is 1. The summed E-state index contributed by atoms with van der Waals surface area (Å²) in [6.45, 7) is 0. The molecule has 2 N–H and O–H groups in total. The Kier molecular flexibility index (Phi) is 2.93. The monoisotopic (exact) mass is 289 g/mol. The van der Waals surface area contributed by atoms with Gasteiger partial charge in [0, 0.05) is 0 Å². The smallest absolute Gasteiger partial charge is 0.373 e. The number of rotatable bonds is 3. The van der Waals surface area contributed by atoms with E-state index < -0.39 is 5.97 Å². The van der Waals surface area contributed by atoms with Crippen LogP contribution in [0.3, 0.4) is 0 Å². The molecule has 4 heteroatoms. The van der Waals surface area contributed by atoms with Gasteiger partial charge >= 0.3 is 5.97 Å². The van der Waals surface area contributed by atoms with Crippen molar-refractivity contribution in [2.24, 2.45) is 28.9 Å². The molecule has 0 amide bonds. The molecule has 4 aliphatic carbocycles. The number of hydrogen-bond donors (Lipinski definition) is 1. The second-order valence-corrected chi connectivity index (χ2v) is 7.45. The summed E-state index contributed by atoms with van der Waals surface area (Å²) in [5, 5.41) is 0. The summed E-state index contributed by atoms with van der Waals surface area (Å²) < 4.78 is 10.4. The zero-order valence-electron chi connectivity index (χ0n) is 12.5. The average Bonchev–Trinajstić information content (AvgIpc) is 2.93. The lowest BCUT2D eigenvalue weighted by molar-refractivity contribution is -0.0710. The summed E-state index contributed by atoms with van der Waals surface area (Å²) in [6.07, 6.45) is 7.89. The molecule has 21 heavy (non-hydrogen) atoms. The van der Waals surface area contributed by atoms with E-state index in [2.05, 4.69) is 0 Å². The van der Waals surface area contributed by atoms with Crippen molar-refractivity contribution in [3.63, 3.8) is 0 Å². The highest BCUT2D eigenvalue weighted by atomic mass is 16.5. The van der Waals surface area contributed by atoms with Crippen molar-refractivity contribution in [1.29, 1.82) is 0 Å². The van der Waals surface area contributed by atoms with Crippen LogP contribution in [0.5, 0.6) is 0 Å². The van der Waals surface area contributed by atoms with Crippen LogP contribution in [0.25, 0.3) is 0 Å². The third-order valence-corrected chi connectivity index (χ3v) is 6.07. The second kappa shape index (κ2) is 4.60. The molecule has 1 aromatic rings. The van der Waals surface area contributed by atoms with Gasteiger partial charge in [-0.2, -0.15) is 0 Å². The second-order valence-electron chi connectivity index (χ2n) is 7.45. The summed E-state index contributed by atoms with van der Waals surface area (Å²) in [5.41, 5.74) is 6.80. The van der Waals surface area contributed by atoms with Crippen molar-refractivity contribution in [3.05, 3.63) is 23.7 Å². The molecule has 1 unspecified atom stereocenters. The van der Waals surface area contributed by atoms with E-state index in [-0.39, 0.29) is 17.2 Å². The SMILES string of the molecule is COC(=O)c1ccc(C(N)C23CC4CC(CC(C4)C2)C3)o1. The Hall–Kier alpha value is -1.29. The molecule has 0 spiro atoms. The summed E-state index contributed by atoms with van der Waals surface area (Å²) in [6, 6.07) is 3.45. The fourth-order valence-corrected chi connectivity index (χ4v) is 5.59. The zero-order chi connectivity index (χ0) is 14.6. The van der Waals surface area contributed by atoms with Crippen molar-refractivity contribution < 1.29 is 13.9 Å². The minimum Gasteiger partial charge on any atom is -0.463 e. The molecule has 0 aliphatic heterocycles. The molecule has 4 aliphatic rings. The number of ether oxygens (including phenoxy) is 1.